The molecular weight excluding hydrogens is 136 g/mol. The standard InChI is InChI=1S/C5H8N2O3/c6-4(8)2-1-3(7-2)5(9)10/h2-3,7H,1H2,(H2,6,8)(H,9,10). The van der Waals surface area contributed by atoms with Crippen molar-refractivity contribution in [2.24, 2.45) is 5.73 Å². The van der Waals surface area contributed by atoms with Crippen molar-refractivity contribution >= 4 is 11.9 Å². The number of nitrogens with two attached hydrogens (primary N) is 1. The third-order valence-electron chi connectivity index (χ3n) is 1.52. The highest BCUT2D eigenvalue weighted by Crippen LogP contribution is 2.10. The Balaban J connectivity index is 2.31. The lowest BCUT2D eigenvalue weighted by Crippen LogP contribution is -2.61. The van der Waals surface area contributed by atoms with Gasteiger partial charge in [-0.2, -0.15) is 0 Å². The minimum Gasteiger partial charge on any atom is -0.480 e. The van der Waals surface area contributed by atoms with Gasteiger partial charge >= 0.3 is 5.97 Å². The fourth-order valence-electron chi connectivity index (χ4n) is 0.825. The molecule has 0 spiro atoms. The van der Waals surface area contributed by atoms with Gasteiger partial charge in [0.2, 0.25) is 5.91 Å². The molecule has 5 heteroatoms. The largest absolute Gasteiger partial charge is 0.480 e. The summed E-state index contributed by atoms with van der Waals surface area (Å²) in [6, 6.07) is -1.03. The van der Waals surface area contributed by atoms with Crippen molar-refractivity contribution in [3.63, 3.8) is 0 Å². The Bertz CT molecular complexity index is 156. The van der Waals surface area contributed by atoms with Crippen LogP contribution in [0.4, 0.5) is 0 Å². The van der Waals surface area contributed by atoms with Crippen molar-refractivity contribution < 1.29 is 14.7 Å². The predicted octanol–water partition coefficient (Wildman–Crippen LogP) is -1.71. The fourth-order valence-corrected chi connectivity index (χ4v) is 0.825. The number of hydrogen-bond acceptors (Lipinski definition) is 3. The third kappa shape index (κ3) is 1.08. The summed E-state index contributed by atoms with van der Waals surface area (Å²) in [7, 11) is 0. The van der Waals surface area contributed by atoms with Crippen LogP contribution in [0.5, 0.6) is 0 Å². The SMILES string of the molecule is NC(=O)C1CC(C(=O)O)N1. The normalized spacial score (nSPS) is 30.8. The van der Waals surface area contributed by atoms with Gasteiger partial charge in [-0.1, -0.05) is 0 Å². The average molecular weight is 144 g/mol. The molecule has 0 aromatic rings. The summed E-state index contributed by atoms with van der Waals surface area (Å²) < 4.78 is 0. The summed E-state index contributed by atoms with van der Waals surface area (Å²) in [4.78, 5) is 20.5. The number of primary amides is 1. The highest BCUT2D eigenvalue weighted by Gasteiger charge is 2.36. The number of carbonyl (C=O) groups is 2. The Kier molecular flexibility index (Phi) is 1.58. The van der Waals surface area contributed by atoms with Gasteiger partial charge in [0, 0.05) is 0 Å². The van der Waals surface area contributed by atoms with E-state index in [2.05, 4.69) is 5.32 Å². The molecule has 0 aromatic carbocycles. The summed E-state index contributed by atoms with van der Waals surface area (Å²) in [5.41, 5.74) is 4.87. The van der Waals surface area contributed by atoms with E-state index >= 15 is 0 Å². The molecule has 0 aliphatic carbocycles. The van der Waals surface area contributed by atoms with Crippen LogP contribution in [0.3, 0.4) is 0 Å². The zero-order valence-electron chi connectivity index (χ0n) is 5.20. The van der Waals surface area contributed by atoms with Crippen LogP contribution >= 0.6 is 0 Å². The van der Waals surface area contributed by atoms with Crippen LogP contribution in [0.15, 0.2) is 0 Å². The first-order valence-electron chi connectivity index (χ1n) is 2.89. The van der Waals surface area contributed by atoms with Crippen molar-refractivity contribution in [1.29, 1.82) is 0 Å². The second-order valence-corrected chi connectivity index (χ2v) is 2.25. The maximum atomic E-state index is 10.3. The lowest BCUT2D eigenvalue weighted by atomic mass is 9.97. The van der Waals surface area contributed by atoms with Crippen LogP contribution in [0.1, 0.15) is 6.42 Å². The Morgan fingerprint density at radius 1 is 1.50 bits per heavy atom. The quantitative estimate of drug-likeness (QED) is 0.430. The number of hydrogen-bond donors (Lipinski definition) is 3. The second-order valence-electron chi connectivity index (χ2n) is 2.25. The van der Waals surface area contributed by atoms with Gasteiger partial charge in [-0.3, -0.25) is 14.9 Å². The van der Waals surface area contributed by atoms with Crippen molar-refractivity contribution in [3.8, 4) is 0 Å². The highest BCUT2D eigenvalue weighted by atomic mass is 16.4. The van der Waals surface area contributed by atoms with E-state index in [4.69, 9.17) is 10.8 Å². The molecule has 0 aromatic heterocycles. The van der Waals surface area contributed by atoms with Gasteiger partial charge in [-0.05, 0) is 6.42 Å². The molecular formula is C5H8N2O3. The minimum atomic E-state index is -0.933. The maximum Gasteiger partial charge on any atom is 0.320 e. The first kappa shape index (κ1) is 7.01. The number of carboxylic acids is 1. The molecule has 1 amide bonds. The summed E-state index contributed by atoms with van der Waals surface area (Å²) in [5.74, 6) is -1.42. The Morgan fingerprint density at radius 2 is 2.00 bits per heavy atom. The van der Waals surface area contributed by atoms with Gasteiger partial charge in [0.1, 0.15) is 6.04 Å². The fraction of sp³-hybridized carbons (Fsp3) is 0.600. The van der Waals surface area contributed by atoms with Crippen LogP contribution in [0, 0.1) is 0 Å². The molecule has 1 fully saturated rings. The molecule has 10 heavy (non-hydrogen) atoms. The van der Waals surface area contributed by atoms with Gasteiger partial charge in [0.15, 0.2) is 0 Å². The van der Waals surface area contributed by atoms with Crippen LogP contribution < -0.4 is 11.1 Å². The number of rotatable bonds is 2. The predicted molar refractivity (Wildman–Crippen MR) is 32.2 cm³/mol. The number of aliphatic carboxylic acids is 1. The van der Waals surface area contributed by atoms with E-state index in [1.807, 2.05) is 0 Å². The second kappa shape index (κ2) is 2.26. The lowest BCUT2D eigenvalue weighted by Gasteiger charge is -2.31. The van der Waals surface area contributed by atoms with Crippen molar-refractivity contribution in [1.82, 2.24) is 5.32 Å². The molecule has 56 valence electrons. The molecule has 1 rings (SSSR count). The van der Waals surface area contributed by atoms with E-state index in [1.54, 1.807) is 0 Å². The average Bonchev–Trinajstić information content (AvgIpc) is 1.56. The molecule has 2 unspecified atom stereocenters. The molecule has 0 radical (unpaired) electrons. The number of nitrogens with one attached hydrogen (secondary N) is 1. The van der Waals surface area contributed by atoms with E-state index in [0.29, 0.717) is 6.42 Å². The topological polar surface area (TPSA) is 92.4 Å². The van der Waals surface area contributed by atoms with Crippen molar-refractivity contribution in [2.75, 3.05) is 0 Å². The van der Waals surface area contributed by atoms with Gasteiger partial charge in [0.25, 0.3) is 0 Å². The van der Waals surface area contributed by atoms with Gasteiger partial charge in [-0.15, -0.1) is 0 Å². The Labute approximate surface area is 57.2 Å². The first-order chi connectivity index (χ1) is 4.61. The van der Waals surface area contributed by atoms with E-state index in [1.165, 1.54) is 0 Å². The molecule has 5 nitrogen and oxygen atoms in total. The van der Waals surface area contributed by atoms with E-state index in [-0.39, 0.29) is 0 Å². The van der Waals surface area contributed by atoms with E-state index in [0.717, 1.165) is 0 Å². The summed E-state index contributed by atoms with van der Waals surface area (Å²) >= 11 is 0. The molecule has 4 N–H and O–H groups in total. The van der Waals surface area contributed by atoms with Gasteiger partial charge in [0.05, 0.1) is 6.04 Å². The molecule has 1 saturated heterocycles. The number of carbonyl (C=O) groups excluding carboxylic acids is 1. The highest BCUT2D eigenvalue weighted by molar-refractivity contribution is 5.85. The zero-order chi connectivity index (χ0) is 7.72. The number of carboxylic acid groups (broad SMARTS) is 1. The third-order valence-corrected chi connectivity index (χ3v) is 1.52. The zero-order valence-corrected chi connectivity index (χ0v) is 5.20. The summed E-state index contributed by atoms with van der Waals surface area (Å²) in [6.45, 7) is 0. The molecule has 2 atom stereocenters. The van der Waals surface area contributed by atoms with E-state index in [9.17, 15) is 9.59 Å². The molecule has 0 saturated carbocycles. The van der Waals surface area contributed by atoms with Crippen LogP contribution in [0.25, 0.3) is 0 Å². The Hall–Kier alpha value is -1.10. The smallest absolute Gasteiger partial charge is 0.320 e. The summed E-state index contributed by atoms with van der Waals surface area (Å²) in [5, 5.41) is 10.8. The lowest BCUT2D eigenvalue weighted by molar-refractivity contribution is -0.143. The van der Waals surface area contributed by atoms with Crippen molar-refractivity contribution in [2.45, 2.75) is 18.5 Å². The minimum absolute atomic E-state index is 0.310. The van der Waals surface area contributed by atoms with Crippen LogP contribution in [-0.2, 0) is 9.59 Å². The number of amides is 1. The Morgan fingerprint density at radius 3 is 2.30 bits per heavy atom. The summed E-state index contributed by atoms with van der Waals surface area (Å²) in [6.07, 6.45) is 0.310. The molecule has 1 aliphatic rings. The first-order valence-corrected chi connectivity index (χ1v) is 2.89. The molecule has 1 aliphatic heterocycles. The van der Waals surface area contributed by atoms with Gasteiger partial charge in [-0.25, -0.2) is 0 Å². The monoisotopic (exact) mass is 144 g/mol. The van der Waals surface area contributed by atoms with Gasteiger partial charge < -0.3 is 10.8 Å². The molecule has 0 bridgehead atoms. The maximum absolute atomic E-state index is 10.3. The molecule has 1 heterocycles. The van der Waals surface area contributed by atoms with Crippen LogP contribution in [-0.4, -0.2) is 29.1 Å². The van der Waals surface area contributed by atoms with E-state index < -0.39 is 24.0 Å². The van der Waals surface area contributed by atoms with Crippen molar-refractivity contribution in [3.05, 3.63) is 0 Å². The van der Waals surface area contributed by atoms with Crippen LogP contribution in [0.2, 0.25) is 0 Å².